The van der Waals surface area contributed by atoms with E-state index in [4.69, 9.17) is 6.42 Å². The minimum atomic E-state index is -3.71. The van der Waals surface area contributed by atoms with E-state index in [1.165, 1.54) is 13.8 Å². The second kappa shape index (κ2) is 2.97. The molecule has 0 aromatic heterocycles. The van der Waals surface area contributed by atoms with Crippen LogP contribution < -0.4 is 0 Å². The molecule has 0 saturated heterocycles. The van der Waals surface area contributed by atoms with E-state index in [-0.39, 0.29) is 0 Å². The van der Waals surface area contributed by atoms with Gasteiger partial charge in [0.2, 0.25) is 0 Å². The van der Waals surface area contributed by atoms with Gasteiger partial charge in [-0.25, -0.2) is 0 Å². The zero-order valence-electron chi connectivity index (χ0n) is 6.49. The van der Waals surface area contributed by atoms with Crippen molar-refractivity contribution in [3.63, 3.8) is 0 Å². The standard InChI is InChI=1S/C7H10O3S/c1-5-7(3,4)11(8,9)10-6-2/h1,6H,2H2,3-4H3. The molecule has 0 unspecified atom stereocenters. The average Bonchev–Trinajstić information content (AvgIpc) is 1.87. The second-order valence-corrected chi connectivity index (χ2v) is 4.49. The van der Waals surface area contributed by atoms with E-state index in [2.05, 4.69) is 16.7 Å². The molecule has 0 rings (SSSR count). The summed E-state index contributed by atoms with van der Waals surface area (Å²) in [6, 6.07) is 0. The summed E-state index contributed by atoms with van der Waals surface area (Å²) in [6.45, 7) is 5.89. The largest absolute Gasteiger partial charge is 0.390 e. The zero-order valence-corrected chi connectivity index (χ0v) is 7.31. The molecule has 0 spiro atoms. The van der Waals surface area contributed by atoms with E-state index in [0.29, 0.717) is 0 Å². The Morgan fingerprint density at radius 2 is 2.09 bits per heavy atom. The summed E-state index contributed by atoms with van der Waals surface area (Å²) >= 11 is 0. The van der Waals surface area contributed by atoms with Crippen LogP contribution in [0.2, 0.25) is 0 Å². The van der Waals surface area contributed by atoms with Crippen molar-refractivity contribution >= 4 is 10.1 Å². The minimum absolute atomic E-state index is 0.842. The van der Waals surface area contributed by atoms with Crippen LogP contribution in [0.5, 0.6) is 0 Å². The van der Waals surface area contributed by atoms with Gasteiger partial charge >= 0.3 is 10.1 Å². The molecule has 0 saturated carbocycles. The van der Waals surface area contributed by atoms with Crippen LogP contribution in [0.3, 0.4) is 0 Å². The first-order valence-electron chi connectivity index (χ1n) is 2.89. The molecular formula is C7H10O3S. The fraction of sp³-hybridized carbons (Fsp3) is 0.429. The SMILES string of the molecule is C#CC(C)(C)S(=O)(=O)OC=C. The molecule has 4 heteroatoms. The fourth-order valence-corrected chi connectivity index (χ4v) is 0.846. The molecule has 11 heavy (non-hydrogen) atoms. The van der Waals surface area contributed by atoms with Gasteiger partial charge in [0.1, 0.15) is 0 Å². The van der Waals surface area contributed by atoms with E-state index >= 15 is 0 Å². The Labute approximate surface area is 67.2 Å². The van der Waals surface area contributed by atoms with Crippen LogP contribution in [0, 0.1) is 12.3 Å². The third-order valence-electron chi connectivity index (χ3n) is 1.17. The zero-order chi connectivity index (χ0) is 9.12. The summed E-state index contributed by atoms with van der Waals surface area (Å²) in [5.41, 5.74) is 0. The highest BCUT2D eigenvalue weighted by Crippen LogP contribution is 2.16. The van der Waals surface area contributed by atoms with Crippen LogP contribution in [0.25, 0.3) is 0 Å². The molecule has 0 heterocycles. The molecule has 0 aliphatic rings. The van der Waals surface area contributed by atoms with Crippen molar-refractivity contribution in [1.29, 1.82) is 0 Å². The monoisotopic (exact) mass is 174 g/mol. The second-order valence-electron chi connectivity index (χ2n) is 2.37. The van der Waals surface area contributed by atoms with E-state index in [1.807, 2.05) is 0 Å². The lowest BCUT2D eigenvalue weighted by Gasteiger charge is -2.15. The summed E-state index contributed by atoms with van der Waals surface area (Å²) in [5, 5.41) is 0. The lowest BCUT2D eigenvalue weighted by molar-refractivity contribution is 0.427. The van der Waals surface area contributed by atoms with E-state index in [1.54, 1.807) is 0 Å². The first kappa shape index (κ1) is 10.0. The molecule has 62 valence electrons. The molecule has 0 fully saturated rings. The molecule has 3 nitrogen and oxygen atoms in total. The van der Waals surface area contributed by atoms with Crippen molar-refractivity contribution in [2.45, 2.75) is 18.6 Å². The van der Waals surface area contributed by atoms with Gasteiger partial charge in [-0.1, -0.05) is 12.5 Å². The van der Waals surface area contributed by atoms with Crippen molar-refractivity contribution in [2.75, 3.05) is 0 Å². The molecule has 0 bridgehead atoms. The minimum Gasteiger partial charge on any atom is -0.390 e. The maximum atomic E-state index is 11.0. The first-order chi connectivity index (χ1) is 4.87. The molecule has 0 aliphatic carbocycles. The molecule has 0 aromatic rings. The topological polar surface area (TPSA) is 43.4 Å². The average molecular weight is 174 g/mol. The summed E-state index contributed by atoms with van der Waals surface area (Å²) in [6.07, 6.45) is 5.82. The van der Waals surface area contributed by atoms with Crippen LogP contribution in [-0.4, -0.2) is 13.2 Å². The third kappa shape index (κ3) is 1.99. The normalized spacial score (nSPS) is 11.7. The van der Waals surface area contributed by atoms with Crippen LogP contribution in [0.4, 0.5) is 0 Å². The fourth-order valence-electron chi connectivity index (χ4n) is 0.282. The van der Waals surface area contributed by atoms with Crippen LogP contribution in [0.1, 0.15) is 13.8 Å². The van der Waals surface area contributed by atoms with Gasteiger partial charge in [-0.2, -0.15) is 8.42 Å². The summed E-state index contributed by atoms with van der Waals surface area (Å²) < 4.78 is 25.1. The molecule has 0 radical (unpaired) electrons. The van der Waals surface area contributed by atoms with E-state index < -0.39 is 14.9 Å². The van der Waals surface area contributed by atoms with Gasteiger partial charge in [-0.3, -0.25) is 0 Å². The number of hydrogen-bond acceptors (Lipinski definition) is 3. The Morgan fingerprint density at radius 3 is 2.36 bits per heavy atom. The molecule has 0 N–H and O–H groups in total. The predicted octanol–water partition coefficient (Wildman–Crippen LogP) is 0.888. The van der Waals surface area contributed by atoms with E-state index in [9.17, 15) is 8.42 Å². The van der Waals surface area contributed by atoms with Gasteiger partial charge in [0.15, 0.2) is 4.75 Å². The lowest BCUT2D eigenvalue weighted by Crippen LogP contribution is -2.30. The smallest absolute Gasteiger partial charge is 0.325 e. The van der Waals surface area contributed by atoms with Crippen LogP contribution in [-0.2, 0) is 14.3 Å². The van der Waals surface area contributed by atoms with Gasteiger partial charge in [0.25, 0.3) is 0 Å². The van der Waals surface area contributed by atoms with Gasteiger partial charge in [-0.15, -0.1) is 6.42 Å². The Hall–Kier alpha value is -0.950. The van der Waals surface area contributed by atoms with Crippen molar-refractivity contribution < 1.29 is 12.6 Å². The van der Waals surface area contributed by atoms with Crippen molar-refractivity contribution in [3.05, 3.63) is 12.8 Å². The Balaban J connectivity index is 4.88. The van der Waals surface area contributed by atoms with Gasteiger partial charge in [-0.05, 0) is 13.8 Å². The highest BCUT2D eigenvalue weighted by Gasteiger charge is 2.33. The van der Waals surface area contributed by atoms with Gasteiger partial charge < -0.3 is 4.18 Å². The number of rotatable bonds is 3. The highest BCUT2D eigenvalue weighted by atomic mass is 32.2. The quantitative estimate of drug-likeness (QED) is 0.362. The van der Waals surface area contributed by atoms with Gasteiger partial charge in [0.05, 0.1) is 6.26 Å². The summed E-state index contributed by atoms with van der Waals surface area (Å²) in [4.78, 5) is 0. The summed E-state index contributed by atoms with van der Waals surface area (Å²) in [5.74, 6) is 2.11. The van der Waals surface area contributed by atoms with Crippen molar-refractivity contribution in [3.8, 4) is 12.3 Å². The molecule has 0 amide bonds. The number of terminal acetylenes is 1. The van der Waals surface area contributed by atoms with Gasteiger partial charge in [0, 0.05) is 0 Å². The first-order valence-corrected chi connectivity index (χ1v) is 4.29. The molecular weight excluding hydrogens is 164 g/mol. The maximum Gasteiger partial charge on any atom is 0.325 e. The van der Waals surface area contributed by atoms with Crippen molar-refractivity contribution in [1.82, 2.24) is 0 Å². The highest BCUT2D eigenvalue weighted by molar-refractivity contribution is 7.88. The maximum absolute atomic E-state index is 11.0. The number of hydrogen-bond donors (Lipinski definition) is 0. The van der Waals surface area contributed by atoms with E-state index in [0.717, 1.165) is 6.26 Å². The Kier molecular flexibility index (Phi) is 2.71. The molecule has 0 atom stereocenters. The molecule has 0 aromatic carbocycles. The predicted molar refractivity (Wildman–Crippen MR) is 43.1 cm³/mol. The third-order valence-corrected chi connectivity index (χ3v) is 2.92. The summed E-state index contributed by atoms with van der Waals surface area (Å²) in [7, 11) is -3.71. The van der Waals surface area contributed by atoms with Crippen LogP contribution in [0.15, 0.2) is 12.8 Å². The Bertz CT molecular complexity index is 279. The van der Waals surface area contributed by atoms with Crippen LogP contribution >= 0.6 is 0 Å². The van der Waals surface area contributed by atoms with Crippen molar-refractivity contribution in [2.24, 2.45) is 0 Å². The Morgan fingerprint density at radius 1 is 1.64 bits per heavy atom. The lowest BCUT2D eigenvalue weighted by atomic mass is 10.2. The molecule has 0 aliphatic heterocycles.